The van der Waals surface area contributed by atoms with Crippen molar-refractivity contribution in [2.75, 3.05) is 7.11 Å². The lowest BCUT2D eigenvalue weighted by Crippen LogP contribution is -2.09. The molecule has 0 bridgehead atoms. The van der Waals surface area contributed by atoms with Crippen LogP contribution in [-0.4, -0.2) is 13.2 Å². The molecule has 1 unspecified atom stereocenters. The number of alkyl halides is 1. The maximum absolute atomic E-state index is 8.63. The third-order valence-corrected chi connectivity index (χ3v) is 2.19. The molecular weight excluding hydrogens is 214 g/mol. The molecule has 0 aliphatic carbocycles. The van der Waals surface area contributed by atoms with E-state index in [1.54, 1.807) is 32.2 Å². The predicted molar refractivity (Wildman–Crippen MR) is 58.3 cm³/mol. The van der Waals surface area contributed by atoms with Crippen LogP contribution in [0.3, 0.4) is 0 Å². The summed E-state index contributed by atoms with van der Waals surface area (Å²) in [4.78, 5) is 0. The minimum Gasteiger partial charge on any atom is -0.497 e. The Balaban J connectivity index is 2.93. The molecule has 15 heavy (non-hydrogen) atoms. The molecule has 0 radical (unpaired) electrons. The fraction of sp³-hybridized carbons (Fsp3) is 0.364. The van der Waals surface area contributed by atoms with Crippen molar-refractivity contribution >= 4 is 11.6 Å². The molecule has 0 saturated carbocycles. The number of halogens is 1. The van der Waals surface area contributed by atoms with Gasteiger partial charge in [0.25, 0.3) is 0 Å². The zero-order valence-corrected chi connectivity index (χ0v) is 9.41. The van der Waals surface area contributed by atoms with Gasteiger partial charge in [0.2, 0.25) is 0 Å². The molecule has 0 spiro atoms. The first-order valence-corrected chi connectivity index (χ1v) is 5.04. The third-order valence-electron chi connectivity index (χ3n) is 1.90. The van der Waals surface area contributed by atoms with Crippen molar-refractivity contribution in [3.63, 3.8) is 0 Å². The van der Waals surface area contributed by atoms with Crippen LogP contribution < -0.4 is 9.47 Å². The molecule has 0 aliphatic heterocycles. The van der Waals surface area contributed by atoms with E-state index in [9.17, 15) is 0 Å². The van der Waals surface area contributed by atoms with E-state index in [1.165, 1.54) is 0 Å². The molecule has 4 heteroatoms. The van der Waals surface area contributed by atoms with Gasteiger partial charge in [-0.05, 0) is 25.1 Å². The first-order chi connectivity index (χ1) is 7.21. The van der Waals surface area contributed by atoms with Crippen LogP contribution in [0, 0.1) is 11.3 Å². The summed E-state index contributed by atoms with van der Waals surface area (Å²) in [5.41, 5.74) is 0.818. The Hall–Kier alpha value is -1.40. The van der Waals surface area contributed by atoms with E-state index >= 15 is 0 Å². The van der Waals surface area contributed by atoms with Crippen molar-refractivity contribution in [3.8, 4) is 17.6 Å². The molecule has 80 valence electrons. The zero-order chi connectivity index (χ0) is 11.3. The van der Waals surface area contributed by atoms with Crippen molar-refractivity contribution in [2.24, 2.45) is 0 Å². The molecular formula is C11H12ClNO2. The summed E-state index contributed by atoms with van der Waals surface area (Å²) < 4.78 is 10.4. The van der Waals surface area contributed by atoms with E-state index in [0.29, 0.717) is 11.6 Å². The van der Waals surface area contributed by atoms with Crippen LogP contribution in [0.15, 0.2) is 18.2 Å². The zero-order valence-electron chi connectivity index (χ0n) is 8.66. The maximum Gasteiger partial charge on any atom is 0.181 e. The van der Waals surface area contributed by atoms with E-state index < -0.39 is 6.10 Å². The number of benzene rings is 1. The summed E-state index contributed by atoms with van der Waals surface area (Å²) in [6.07, 6.45) is -0.486. The molecule has 0 fully saturated rings. The van der Waals surface area contributed by atoms with Gasteiger partial charge in [-0.15, -0.1) is 11.6 Å². The second-order valence-electron chi connectivity index (χ2n) is 3.00. The highest BCUT2D eigenvalue weighted by molar-refractivity contribution is 6.17. The Kier molecular flexibility index (Phi) is 4.26. The highest BCUT2D eigenvalue weighted by Crippen LogP contribution is 2.26. The second kappa shape index (κ2) is 5.47. The van der Waals surface area contributed by atoms with E-state index in [-0.39, 0.29) is 0 Å². The van der Waals surface area contributed by atoms with Crippen LogP contribution in [-0.2, 0) is 5.88 Å². The standard InChI is InChI=1S/C11H12ClNO2/c1-8(7-13)15-11-4-3-10(14-2)5-9(11)6-12/h3-5,8H,6H2,1-2H3. The van der Waals surface area contributed by atoms with Crippen molar-refractivity contribution in [3.05, 3.63) is 23.8 Å². The van der Waals surface area contributed by atoms with Gasteiger partial charge in [0.1, 0.15) is 17.6 Å². The summed E-state index contributed by atoms with van der Waals surface area (Å²) >= 11 is 5.77. The van der Waals surface area contributed by atoms with Crippen LogP contribution in [0.25, 0.3) is 0 Å². The number of hydrogen-bond donors (Lipinski definition) is 0. The molecule has 1 atom stereocenters. The molecule has 0 aliphatic rings. The van der Waals surface area contributed by atoms with Gasteiger partial charge < -0.3 is 9.47 Å². The lowest BCUT2D eigenvalue weighted by Gasteiger charge is -2.12. The van der Waals surface area contributed by atoms with Gasteiger partial charge in [-0.3, -0.25) is 0 Å². The first kappa shape index (κ1) is 11.7. The van der Waals surface area contributed by atoms with Crippen LogP contribution in [0.1, 0.15) is 12.5 Å². The van der Waals surface area contributed by atoms with Crippen molar-refractivity contribution in [1.82, 2.24) is 0 Å². The number of nitriles is 1. The maximum atomic E-state index is 8.63. The molecule has 0 N–H and O–H groups in total. The quantitative estimate of drug-likeness (QED) is 0.740. The van der Waals surface area contributed by atoms with Gasteiger partial charge in [-0.25, -0.2) is 0 Å². The smallest absolute Gasteiger partial charge is 0.181 e. The van der Waals surface area contributed by atoms with Gasteiger partial charge >= 0.3 is 0 Å². The molecule has 0 amide bonds. The van der Waals surface area contributed by atoms with Crippen molar-refractivity contribution in [1.29, 1.82) is 5.26 Å². The first-order valence-electron chi connectivity index (χ1n) is 4.50. The lowest BCUT2D eigenvalue weighted by molar-refractivity contribution is 0.274. The predicted octanol–water partition coefficient (Wildman–Crippen LogP) is 2.72. The van der Waals surface area contributed by atoms with E-state index in [0.717, 1.165) is 11.3 Å². The average molecular weight is 226 g/mol. The monoisotopic (exact) mass is 225 g/mol. The van der Waals surface area contributed by atoms with E-state index in [4.69, 9.17) is 26.3 Å². The van der Waals surface area contributed by atoms with E-state index in [2.05, 4.69) is 0 Å². The summed E-state index contributed by atoms with van der Waals surface area (Å²) in [7, 11) is 1.59. The molecule has 1 aromatic carbocycles. The molecule has 0 saturated heterocycles. The molecule has 3 nitrogen and oxygen atoms in total. The van der Waals surface area contributed by atoms with Crippen LogP contribution in [0.4, 0.5) is 0 Å². The van der Waals surface area contributed by atoms with Crippen molar-refractivity contribution in [2.45, 2.75) is 18.9 Å². The summed E-state index contributed by atoms with van der Waals surface area (Å²) in [5.74, 6) is 1.67. The third kappa shape index (κ3) is 3.03. The number of rotatable bonds is 4. The Morgan fingerprint density at radius 2 is 2.27 bits per heavy atom. The van der Waals surface area contributed by atoms with Gasteiger partial charge in [-0.2, -0.15) is 5.26 Å². The summed E-state index contributed by atoms with van der Waals surface area (Å²) in [6, 6.07) is 7.32. The minimum atomic E-state index is -0.486. The van der Waals surface area contributed by atoms with Crippen LogP contribution >= 0.6 is 11.6 Å². The fourth-order valence-corrected chi connectivity index (χ4v) is 1.33. The van der Waals surface area contributed by atoms with Crippen LogP contribution in [0.2, 0.25) is 0 Å². The Bertz CT molecular complexity index is 373. The minimum absolute atomic E-state index is 0.324. The SMILES string of the molecule is COc1ccc(OC(C)C#N)c(CCl)c1. The van der Waals surface area contributed by atoms with Crippen LogP contribution in [0.5, 0.6) is 11.5 Å². The number of nitrogens with zero attached hydrogens (tertiary/aromatic N) is 1. The lowest BCUT2D eigenvalue weighted by atomic mass is 10.2. The van der Waals surface area contributed by atoms with Gasteiger partial charge in [0.05, 0.1) is 13.0 Å². The van der Waals surface area contributed by atoms with Gasteiger partial charge in [0.15, 0.2) is 6.10 Å². The van der Waals surface area contributed by atoms with Crippen molar-refractivity contribution < 1.29 is 9.47 Å². The van der Waals surface area contributed by atoms with Gasteiger partial charge in [0, 0.05) is 5.56 Å². The molecule has 0 heterocycles. The summed E-state index contributed by atoms with van der Waals surface area (Å²) in [5, 5.41) is 8.63. The molecule has 0 aromatic heterocycles. The number of methoxy groups -OCH3 is 1. The number of ether oxygens (including phenoxy) is 2. The Labute approximate surface area is 94.2 Å². The molecule has 1 rings (SSSR count). The average Bonchev–Trinajstić information content (AvgIpc) is 2.29. The topological polar surface area (TPSA) is 42.2 Å². The highest BCUT2D eigenvalue weighted by Gasteiger charge is 2.08. The normalized spacial score (nSPS) is 11.6. The Morgan fingerprint density at radius 3 is 2.80 bits per heavy atom. The van der Waals surface area contributed by atoms with E-state index in [1.807, 2.05) is 6.07 Å². The molecule has 1 aromatic rings. The largest absolute Gasteiger partial charge is 0.497 e. The summed E-state index contributed by atoms with van der Waals surface area (Å²) in [6.45, 7) is 1.68. The second-order valence-corrected chi connectivity index (χ2v) is 3.26. The van der Waals surface area contributed by atoms with Gasteiger partial charge in [-0.1, -0.05) is 0 Å². The number of hydrogen-bond acceptors (Lipinski definition) is 3. The fourth-order valence-electron chi connectivity index (χ4n) is 1.12. The Morgan fingerprint density at radius 1 is 1.53 bits per heavy atom. The highest BCUT2D eigenvalue weighted by atomic mass is 35.5.